The summed E-state index contributed by atoms with van der Waals surface area (Å²) in [5.41, 5.74) is 0.0322. The highest BCUT2D eigenvalue weighted by molar-refractivity contribution is 6.30. The maximum Gasteiger partial charge on any atom is 0.407 e. The van der Waals surface area contributed by atoms with Crippen LogP contribution in [0.15, 0.2) is 18.2 Å². The lowest BCUT2D eigenvalue weighted by molar-refractivity contribution is 0.0523. The Hall–Kier alpha value is -1.29. The Bertz CT molecular complexity index is 395. The first-order chi connectivity index (χ1) is 7.76. The number of halogens is 2. The first-order valence-electron chi connectivity index (χ1n) is 5.18. The molecule has 3 nitrogen and oxygen atoms in total. The van der Waals surface area contributed by atoms with Crippen LogP contribution in [0, 0.1) is 5.82 Å². The summed E-state index contributed by atoms with van der Waals surface area (Å²) in [5.74, 6) is -0.432. The summed E-state index contributed by atoms with van der Waals surface area (Å²) in [6, 6.07) is 4.10. The number of carbonyl (C=O) groups is 1. The Labute approximate surface area is 105 Å². The zero-order chi connectivity index (χ0) is 13.1. The van der Waals surface area contributed by atoms with Crippen molar-refractivity contribution in [1.29, 1.82) is 0 Å². The van der Waals surface area contributed by atoms with Crippen molar-refractivity contribution in [2.75, 3.05) is 0 Å². The molecular weight excluding hydrogens is 245 g/mol. The molecule has 94 valence electrons. The summed E-state index contributed by atoms with van der Waals surface area (Å²) in [5, 5.41) is 2.82. The van der Waals surface area contributed by atoms with Gasteiger partial charge in [-0.2, -0.15) is 0 Å². The molecule has 17 heavy (non-hydrogen) atoms. The summed E-state index contributed by atoms with van der Waals surface area (Å²) in [7, 11) is 0. The lowest BCUT2D eigenvalue weighted by Crippen LogP contribution is -2.32. The van der Waals surface area contributed by atoms with Crippen LogP contribution in [-0.4, -0.2) is 11.7 Å². The number of ether oxygens (including phenoxy) is 1. The number of nitrogens with one attached hydrogen (secondary N) is 1. The molecule has 0 saturated heterocycles. The number of benzene rings is 1. The predicted octanol–water partition coefficient (Wildman–Crippen LogP) is 3.50. The molecule has 1 aromatic rings. The fourth-order valence-electron chi connectivity index (χ4n) is 1.20. The Morgan fingerprint density at radius 3 is 2.59 bits per heavy atom. The van der Waals surface area contributed by atoms with E-state index in [1.54, 1.807) is 26.8 Å². The number of hydrogen-bond donors (Lipinski definition) is 1. The number of alkyl carbamates (subject to hydrolysis) is 1. The van der Waals surface area contributed by atoms with E-state index in [1.807, 2.05) is 0 Å². The monoisotopic (exact) mass is 259 g/mol. The van der Waals surface area contributed by atoms with Gasteiger partial charge in [0.05, 0.1) is 0 Å². The van der Waals surface area contributed by atoms with E-state index in [1.165, 1.54) is 12.1 Å². The Morgan fingerprint density at radius 1 is 1.41 bits per heavy atom. The minimum Gasteiger partial charge on any atom is -0.444 e. The fourth-order valence-corrected chi connectivity index (χ4v) is 1.45. The molecule has 0 atom stereocenters. The van der Waals surface area contributed by atoms with Gasteiger partial charge in [0.25, 0.3) is 0 Å². The molecule has 0 aliphatic carbocycles. The lowest BCUT2D eigenvalue weighted by atomic mass is 10.2. The van der Waals surface area contributed by atoms with E-state index in [4.69, 9.17) is 16.3 Å². The molecule has 0 aliphatic heterocycles. The molecule has 1 N–H and O–H groups in total. The van der Waals surface area contributed by atoms with Gasteiger partial charge in [-0.25, -0.2) is 9.18 Å². The van der Waals surface area contributed by atoms with Crippen LogP contribution in [0.4, 0.5) is 9.18 Å². The van der Waals surface area contributed by atoms with Crippen molar-refractivity contribution in [2.45, 2.75) is 32.9 Å². The summed E-state index contributed by atoms with van der Waals surface area (Å²) >= 11 is 5.69. The van der Waals surface area contributed by atoms with Crippen LogP contribution in [0.2, 0.25) is 5.02 Å². The maximum atomic E-state index is 13.0. The Kier molecular flexibility index (Phi) is 4.34. The lowest BCUT2D eigenvalue weighted by Gasteiger charge is -2.19. The van der Waals surface area contributed by atoms with E-state index in [-0.39, 0.29) is 6.54 Å². The van der Waals surface area contributed by atoms with Crippen LogP contribution in [0.25, 0.3) is 0 Å². The van der Waals surface area contributed by atoms with E-state index >= 15 is 0 Å². The van der Waals surface area contributed by atoms with Crippen LogP contribution in [0.3, 0.4) is 0 Å². The number of carbonyl (C=O) groups excluding carboxylic acids is 1. The molecule has 5 heteroatoms. The van der Waals surface area contributed by atoms with Gasteiger partial charge in [-0.15, -0.1) is 0 Å². The minimum atomic E-state index is -0.552. The normalized spacial score (nSPS) is 11.1. The van der Waals surface area contributed by atoms with Gasteiger partial charge in [0.2, 0.25) is 0 Å². The summed E-state index contributed by atoms with van der Waals surface area (Å²) in [4.78, 5) is 11.3. The summed E-state index contributed by atoms with van der Waals surface area (Å²) in [6.07, 6.45) is -0.544. The van der Waals surface area contributed by atoms with Crippen molar-refractivity contribution >= 4 is 17.7 Å². The van der Waals surface area contributed by atoms with Crippen molar-refractivity contribution in [2.24, 2.45) is 0 Å². The number of amides is 1. The zero-order valence-corrected chi connectivity index (χ0v) is 10.8. The molecular formula is C12H15ClFNO2. The molecule has 0 bridgehead atoms. The maximum absolute atomic E-state index is 13.0. The highest BCUT2D eigenvalue weighted by atomic mass is 35.5. The van der Waals surface area contributed by atoms with Crippen LogP contribution in [0.5, 0.6) is 0 Å². The molecule has 0 radical (unpaired) electrons. The number of hydrogen-bond acceptors (Lipinski definition) is 2. The van der Waals surface area contributed by atoms with E-state index in [0.717, 1.165) is 0 Å². The van der Waals surface area contributed by atoms with Gasteiger partial charge in [0, 0.05) is 11.6 Å². The van der Waals surface area contributed by atoms with Gasteiger partial charge in [0.1, 0.15) is 11.4 Å². The van der Waals surface area contributed by atoms with Crippen LogP contribution >= 0.6 is 11.6 Å². The summed E-state index contributed by atoms with van der Waals surface area (Å²) in [6.45, 7) is 5.48. The van der Waals surface area contributed by atoms with Crippen molar-refractivity contribution in [3.05, 3.63) is 34.6 Å². The second-order valence-electron chi connectivity index (χ2n) is 4.63. The third kappa shape index (κ3) is 5.54. The molecule has 1 rings (SSSR count). The molecule has 1 amide bonds. The molecule has 1 aromatic carbocycles. The standard InChI is InChI=1S/C12H15ClFNO2/c1-12(2,3)17-11(16)15-7-8-4-9(13)6-10(14)5-8/h4-6H,7H2,1-3H3,(H,15,16). The third-order valence-electron chi connectivity index (χ3n) is 1.76. The Morgan fingerprint density at radius 2 is 2.06 bits per heavy atom. The molecule has 0 unspecified atom stereocenters. The van der Waals surface area contributed by atoms with Crippen molar-refractivity contribution in [3.8, 4) is 0 Å². The average molecular weight is 260 g/mol. The van der Waals surface area contributed by atoms with Crippen molar-refractivity contribution < 1.29 is 13.9 Å². The molecule has 0 heterocycles. The van der Waals surface area contributed by atoms with Crippen LogP contribution in [0.1, 0.15) is 26.3 Å². The van der Waals surface area contributed by atoms with Gasteiger partial charge >= 0.3 is 6.09 Å². The SMILES string of the molecule is CC(C)(C)OC(=O)NCc1cc(F)cc(Cl)c1. The molecule has 0 aromatic heterocycles. The fraction of sp³-hybridized carbons (Fsp3) is 0.417. The zero-order valence-electron chi connectivity index (χ0n) is 10.0. The van der Waals surface area contributed by atoms with Gasteiger partial charge in [0.15, 0.2) is 0 Å². The Balaban J connectivity index is 2.53. The van der Waals surface area contributed by atoms with Gasteiger partial charge in [-0.1, -0.05) is 11.6 Å². The van der Waals surface area contributed by atoms with E-state index in [2.05, 4.69) is 5.32 Å². The van der Waals surface area contributed by atoms with Crippen molar-refractivity contribution in [3.63, 3.8) is 0 Å². The second kappa shape index (κ2) is 5.36. The predicted molar refractivity (Wildman–Crippen MR) is 64.5 cm³/mol. The average Bonchev–Trinajstić information content (AvgIpc) is 2.10. The smallest absolute Gasteiger partial charge is 0.407 e. The first-order valence-corrected chi connectivity index (χ1v) is 5.56. The number of rotatable bonds is 2. The quantitative estimate of drug-likeness (QED) is 0.883. The van der Waals surface area contributed by atoms with Crippen LogP contribution in [-0.2, 0) is 11.3 Å². The molecule has 0 aliphatic rings. The van der Waals surface area contributed by atoms with Gasteiger partial charge < -0.3 is 10.1 Å². The van der Waals surface area contributed by atoms with Gasteiger partial charge in [-0.3, -0.25) is 0 Å². The van der Waals surface area contributed by atoms with Gasteiger partial charge in [-0.05, 0) is 44.5 Å². The highest BCUT2D eigenvalue weighted by Crippen LogP contribution is 2.14. The molecule has 0 saturated carbocycles. The third-order valence-corrected chi connectivity index (χ3v) is 1.98. The molecule has 0 spiro atoms. The van der Waals surface area contributed by atoms with E-state index < -0.39 is 17.5 Å². The van der Waals surface area contributed by atoms with Crippen molar-refractivity contribution in [1.82, 2.24) is 5.32 Å². The second-order valence-corrected chi connectivity index (χ2v) is 5.07. The largest absolute Gasteiger partial charge is 0.444 e. The highest BCUT2D eigenvalue weighted by Gasteiger charge is 2.15. The minimum absolute atomic E-state index is 0.173. The van der Waals surface area contributed by atoms with Crippen LogP contribution < -0.4 is 5.32 Å². The first kappa shape index (κ1) is 13.8. The summed E-state index contributed by atoms with van der Waals surface area (Å²) < 4.78 is 18.0. The molecule has 0 fully saturated rings. The van der Waals surface area contributed by atoms with E-state index in [9.17, 15) is 9.18 Å². The van der Waals surface area contributed by atoms with E-state index in [0.29, 0.717) is 10.6 Å². The topological polar surface area (TPSA) is 38.3 Å².